The van der Waals surface area contributed by atoms with Crippen molar-refractivity contribution in [1.29, 1.82) is 0 Å². The van der Waals surface area contributed by atoms with Crippen LogP contribution >= 0.6 is 0 Å². The molecule has 2 heterocycles. The molecular formula is C19H27N3O3. The number of anilines is 1. The van der Waals surface area contributed by atoms with Gasteiger partial charge < -0.3 is 14.5 Å². The number of fused-ring (bicyclic) bond motifs is 1. The van der Waals surface area contributed by atoms with Crippen LogP contribution in [0, 0.1) is 0 Å². The maximum absolute atomic E-state index is 13.1. The van der Waals surface area contributed by atoms with E-state index in [9.17, 15) is 9.59 Å². The standard InChI is InChI=1S/C19H27N3O3/c1-15(20-10-12-21(13-11-20)18(23)14-25-2)19(24)22-9-5-7-16-6-3-4-8-17(16)22/h3-4,6,8,15H,5,7,9-14H2,1-2H3. The van der Waals surface area contributed by atoms with Crippen LogP contribution in [-0.2, 0) is 20.7 Å². The minimum atomic E-state index is -0.175. The molecule has 0 bridgehead atoms. The molecule has 2 aliphatic rings. The summed E-state index contributed by atoms with van der Waals surface area (Å²) >= 11 is 0. The van der Waals surface area contributed by atoms with Crippen molar-refractivity contribution < 1.29 is 14.3 Å². The van der Waals surface area contributed by atoms with E-state index in [1.807, 2.05) is 34.9 Å². The van der Waals surface area contributed by atoms with Gasteiger partial charge in [0.1, 0.15) is 6.61 Å². The van der Waals surface area contributed by atoms with Crippen molar-refractivity contribution in [2.24, 2.45) is 0 Å². The number of amides is 2. The molecule has 0 radical (unpaired) electrons. The van der Waals surface area contributed by atoms with Crippen molar-refractivity contribution in [2.45, 2.75) is 25.8 Å². The van der Waals surface area contributed by atoms with Gasteiger partial charge in [0.25, 0.3) is 0 Å². The Morgan fingerprint density at radius 1 is 1.12 bits per heavy atom. The molecule has 0 saturated carbocycles. The molecule has 0 aromatic heterocycles. The normalized spacial score (nSPS) is 19.4. The quantitative estimate of drug-likeness (QED) is 0.821. The van der Waals surface area contributed by atoms with Crippen molar-refractivity contribution in [1.82, 2.24) is 9.80 Å². The molecule has 2 aliphatic heterocycles. The summed E-state index contributed by atoms with van der Waals surface area (Å²) in [5, 5.41) is 0. The molecule has 1 saturated heterocycles. The average Bonchev–Trinajstić information content (AvgIpc) is 2.66. The first-order chi connectivity index (χ1) is 12.1. The number of para-hydroxylation sites is 1. The lowest BCUT2D eigenvalue weighted by molar-refractivity contribution is -0.137. The van der Waals surface area contributed by atoms with E-state index in [0.717, 1.165) is 38.2 Å². The van der Waals surface area contributed by atoms with Crippen LogP contribution in [0.3, 0.4) is 0 Å². The van der Waals surface area contributed by atoms with E-state index in [0.29, 0.717) is 13.1 Å². The topological polar surface area (TPSA) is 53.1 Å². The first-order valence-corrected chi connectivity index (χ1v) is 9.02. The smallest absolute Gasteiger partial charge is 0.248 e. The van der Waals surface area contributed by atoms with Gasteiger partial charge in [-0.05, 0) is 31.4 Å². The minimum Gasteiger partial charge on any atom is -0.375 e. The maximum Gasteiger partial charge on any atom is 0.248 e. The van der Waals surface area contributed by atoms with E-state index in [2.05, 4.69) is 11.0 Å². The summed E-state index contributed by atoms with van der Waals surface area (Å²) in [6, 6.07) is 8.01. The number of methoxy groups -OCH3 is 1. The second-order valence-corrected chi connectivity index (χ2v) is 6.75. The fourth-order valence-electron chi connectivity index (χ4n) is 3.72. The number of benzene rings is 1. The Labute approximate surface area is 149 Å². The molecular weight excluding hydrogens is 318 g/mol. The summed E-state index contributed by atoms with van der Waals surface area (Å²) in [5.74, 6) is 0.176. The first-order valence-electron chi connectivity index (χ1n) is 9.02. The largest absolute Gasteiger partial charge is 0.375 e. The molecule has 0 aliphatic carbocycles. The molecule has 1 atom stereocenters. The molecule has 0 spiro atoms. The Morgan fingerprint density at radius 2 is 1.84 bits per heavy atom. The average molecular weight is 345 g/mol. The molecule has 1 unspecified atom stereocenters. The van der Waals surface area contributed by atoms with Gasteiger partial charge >= 0.3 is 0 Å². The number of nitrogens with zero attached hydrogens (tertiary/aromatic N) is 3. The van der Waals surface area contributed by atoms with Gasteiger partial charge in [0.2, 0.25) is 11.8 Å². The Morgan fingerprint density at radius 3 is 2.56 bits per heavy atom. The number of rotatable bonds is 4. The number of carbonyl (C=O) groups is 2. The molecule has 3 rings (SSSR count). The molecule has 1 aromatic carbocycles. The third-order valence-corrected chi connectivity index (χ3v) is 5.22. The highest BCUT2D eigenvalue weighted by Gasteiger charge is 2.32. The van der Waals surface area contributed by atoms with Crippen LogP contribution in [0.2, 0.25) is 0 Å². The van der Waals surface area contributed by atoms with Crippen LogP contribution in [0.25, 0.3) is 0 Å². The summed E-state index contributed by atoms with van der Waals surface area (Å²) in [7, 11) is 1.53. The fourth-order valence-corrected chi connectivity index (χ4v) is 3.72. The van der Waals surface area contributed by atoms with Crippen LogP contribution in [-0.4, -0.2) is 74.1 Å². The van der Waals surface area contributed by atoms with Gasteiger partial charge in [-0.3, -0.25) is 14.5 Å². The third kappa shape index (κ3) is 3.85. The molecule has 1 aromatic rings. The zero-order chi connectivity index (χ0) is 17.8. The summed E-state index contributed by atoms with van der Waals surface area (Å²) < 4.78 is 4.92. The van der Waals surface area contributed by atoms with Gasteiger partial charge in [-0.1, -0.05) is 18.2 Å². The lowest BCUT2D eigenvalue weighted by Crippen LogP contribution is -2.56. The lowest BCUT2D eigenvalue weighted by atomic mass is 10.0. The molecule has 1 fully saturated rings. The van der Waals surface area contributed by atoms with Gasteiger partial charge in [-0.15, -0.1) is 0 Å². The van der Waals surface area contributed by atoms with Crippen molar-refractivity contribution in [3.63, 3.8) is 0 Å². The molecule has 25 heavy (non-hydrogen) atoms. The van der Waals surface area contributed by atoms with Gasteiger partial charge in [0.05, 0.1) is 6.04 Å². The Kier molecular flexibility index (Phi) is 5.71. The lowest BCUT2D eigenvalue weighted by Gasteiger charge is -2.40. The predicted octanol–water partition coefficient (Wildman–Crippen LogP) is 1.14. The van der Waals surface area contributed by atoms with E-state index in [-0.39, 0.29) is 24.5 Å². The molecule has 136 valence electrons. The molecule has 6 heteroatoms. The second-order valence-electron chi connectivity index (χ2n) is 6.75. The van der Waals surface area contributed by atoms with E-state index >= 15 is 0 Å². The van der Waals surface area contributed by atoms with Gasteiger partial charge in [-0.2, -0.15) is 0 Å². The Hall–Kier alpha value is -1.92. The van der Waals surface area contributed by atoms with E-state index in [1.54, 1.807) is 0 Å². The SMILES string of the molecule is COCC(=O)N1CCN(C(C)C(=O)N2CCCc3ccccc32)CC1. The number of ether oxygens (including phenoxy) is 1. The highest BCUT2D eigenvalue weighted by atomic mass is 16.5. The zero-order valence-electron chi connectivity index (χ0n) is 15.1. The molecule has 0 N–H and O–H groups in total. The van der Waals surface area contributed by atoms with E-state index < -0.39 is 0 Å². The Bertz CT molecular complexity index is 626. The first kappa shape index (κ1) is 17.9. The van der Waals surface area contributed by atoms with Crippen LogP contribution in [0.1, 0.15) is 18.9 Å². The van der Waals surface area contributed by atoms with Crippen molar-refractivity contribution in [3.05, 3.63) is 29.8 Å². The monoisotopic (exact) mass is 345 g/mol. The summed E-state index contributed by atoms with van der Waals surface area (Å²) in [4.78, 5) is 30.9. The van der Waals surface area contributed by atoms with E-state index in [1.165, 1.54) is 12.7 Å². The molecule has 6 nitrogen and oxygen atoms in total. The highest BCUT2D eigenvalue weighted by Crippen LogP contribution is 2.27. The van der Waals surface area contributed by atoms with Crippen LogP contribution in [0.4, 0.5) is 5.69 Å². The van der Waals surface area contributed by atoms with Crippen molar-refractivity contribution in [3.8, 4) is 0 Å². The third-order valence-electron chi connectivity index (χ3n) is 5.22. The predicted molar refractivity (Wildman–Crippen MR) is 96.6 cm³/mol. The summed E-state index contributed by atoms with van der Waals surface area (Å²) in [5.41, 5.74) is 2.31. The van der Waals surface area contributed by atoms with Gasteiger partial charge in [-0.25, -0.2) is 0 Å². The van der Waals surface area contributed by atoms with Crippen LogP contribution < -0.4 is 4.90 Å². The number of hydrogen-bond donors (Lipinski definition) is 0. The van der Waals surface area contributed by atoms with Crippen molar-refractivity contribution >= 4 is 17.5 Å². The van der Waals surface area contributed by atoms with Crippen molar-refractivity contribution in [2.75, 3.05) is 51.3 Å². The fraction of sp³-hybridized carbons (Fsp3) is 0.579. The second kappa shape index (κ2) is 7.97. The number of aryl methyl sites for hydroxylation is 1. The number of hydrogen-bond acceptors (Lipinski definition) is 4. The van der Waals surface area contributed by atoms with E-state index in [4.69, 9.17) is 4.74 Å². The minimum absolute atomic E-state index is 0.0195. The Balaban J connectivity index is 1.62. The van der Waals surface area contributed by atoms with Crippen LogP contribution in [0.5, 0.6) is 0 Å². The summed E-state index contributed by atoms with van der Waals surface area (Å²) in [6.07, 6.45) is 2.05. The zero-order valence-corrected chi connectivity index (χ0v) is 15.1. The number of piperazine rings is 1. The summed E-state index contributed by atoms with van der Waals surface area (Å²) in [6.45, 7) is 5.63. The highest BCUT2D eigenvalue weighted by molar-refractivity contribution is 5.98. The van der Waals surface area contributed by atoms with Gasteiger partial charge in [0.15, 0.2) is 0 Å². The van der Waals surface area contributed by atoms with Crippen LogP contribution in [0.15, 0.2) is 24.3 Å². The maximum atomic E-state index is 13.1. The number of carbonyl (C=O) groups excluding carboxylic acids is 2. The molecule has 2 amide bonds. The van der Waals surface area contributed by atoms with Gasteiger partial charge in [0, 0.05) is 45.5 Å².